The third kappa shape index (κ3) is 2.75. The van der Waals surface area contributed by atoms with Crippen LogP contribution in [0.1, 0.15) is 17.2 Å². The van der Waals surface area contributed by atoms with Crippen molar-refractivity contribution >= 4 is 34.3 Å². The number of aromatic nitrogens is 3. The van der Waals surface area contributed by atoms with Crippen LogP contribution in [0.3, 0.4) is 0 Å². The van der Waals surface area contributed by atoms with Crippen molar-refractivity contribution in [1.82, 2.24) is 14.1 Å². The van der Waals surface area contributed by atoms with Crippen LogP contribution >= 0.6 is 23.2 Å². The zero-order valence-electron chi connectivity index (χ0n) is 13.2. The first kappa shape index (κ1) is 16.0. The highest BCUT2D eigenvalue weighted by Crippen LogP contribution is 2.34. The first-order chi connectivity index (χ1) is 12.0. The monoisotopic (exact) mass is 373 g/mol. The van der Waals surface area contributed by atoms with Crippen LogP contribution in [-0.2, 0) is 7.05 Å². The van der Waals surface area contributed by atoms with Crippen molar-refractivity contribution in [2.24, 2.45) is 7.05 Å². The summed E-state index contributed by atoms with van der Waals surface area (Å²) in [4.78, 5) is 15.9. The summed E-state index contributed by atoms with van der Waals surface area (Å²) in [5.41, 5.74) is 3.06. The third-order valence-electron chi connectivity index (χ3n) is 4.21. The molecule has 0 aliphatic carbocycles. The van der Waals surface area contributed by atoms with Gasteiger partial charge in [0, 0.05) is 29.5 Å². The Hall–Kier alpha value is -2.50. The molecule has 1 atom stereocenters. The van der Waals surface area contributed by atoms with Crippen molar-refractivity contribution < 1.29 is 4.42 Å². The van der Waals surface area contributed by atoms with E-state index in [-0.39, 0.29) is 6.04 Å². The SMILES string of the molecule is Cn1c(=O)oc2cc(C(c3ccc(Cl)cc3Cl)n3ccnc3)ccc21. The van der Waals surface area contributed by atoms with Crippen molar-refractivity contribution in [1.29, 1.82) is 0 Å². The van der Waals surface area contributed by atoms with Gasteiger partial charge in [-0.05, 0) is 35.4 Å². The van der Waals surface area contributed by atoms with E-state index in [0.29, 0.717) is 15.6 Å². The summed E-state index contributed by atoms with van der Waals surface area (Å²) in [6, 6.07) is 10.8. The number of imidazole rings is 1. The summed E-state index contributed by atoms with van der Waals surface area (Å²) in [6.07, 6.45) is 5.29. The Morgan fingerprint density at radius 3 is 2.72 bits per heavy atom. The molecule has 5 nitrogen and oxygen atoms in total. The Morgan fingerprint density at radius 2 is 2.00 bits per heavy atom. The molecule has 0 spiro atoms. The first-order valence-corrected chi connectivity index (χ1v) is 8.32. The van der Waals surface area contributed by atoms with Crippen LogP contribution in [0.15, 0.2) is 64.3 Å². The molecule has 4 rings (SSSR count). The second-order valence-corrected chi connectivity index (χ2v) is 6.58. The molecule has 0 fully saturated rings. The molecule has 2 heterocycles. The van der Waals surface area contributed by atoms with E-state index >= 15 is 0 Å². The van der Waals surface area contributed by atoms with Crippen LogP contribution in [0.4, 0.5) is 0 Å². The van der Waals surface area contributed by atoms with E-state index in [2.05, 4.69) is 4.98 Å². The van der Waals surface area contributed by atoms with E-state index in [9.17, 15) is 4.79 Å². The molecule has 0 N–H and O–H groups in total. The minimum atomic E-state index is -0.393. The highest BCUT2D eigenvalue weighted by atomic mass is 35.5. The topological polar surface area (TPSA) is 53.0 Å². The Balaban J connectivity index is 1.93. The molecule has 0 amide bonds. The Labute approximate surface area is 153 Å². The lowest BCUT2D eigenvalue weighted by Crippen LogP contribution is -2.11. The van der Waals surface area contributed by atoms with E-state index in [1.54, 1.807) is 31.7 Å². The van der Waals surface area contributed by atoms with Crippen LogP contribution in [0, 0.1) is 0 Å². The fourth-order valence-corrected chi connectivity index (χ4v) is 3.49. The fraction of sp³-hybridized carbons (Fsp3) is 0.111. The number of fused-ring (bicyclic) bond motifs is 1. The molecule has 0 radical (unpaired) electrons. The number of hydrogen-bond acceptors (Lipinski definition) is 3. The van der Waals surface area contributed by atoms with Gasteiger partial charge >= 0.3 is 5.76 Å². The molecule has 0 saturated carbocycles. The molecule has 1 unspecified atom stereocenters. The Bertz CT molecular complexity index is 1110. The molecule has 2 aromatic carbocycles. The van der Waals surface area contributed by atoms with Crippen LogP contribution in [-0.4, -0.2) is 14.1 Å². The number of aryl methyl sites for hydroxylation is 1. The smallest absolute Gasteiger partial charge is 0.408 e. The van der Waals surface area contributed by atoms with E-state index in [4.69, 9.17) is 27.6 Å². The molecule has 4 aromatic rings. The van der Waals surface area contributed by atoms with Crippen molar-refractivity contribution in [2.75, 3.05) is 0 Å². The lowest BCUT2D eigenvalue weighted by molar-refractivity contribution is 0.527. The van der Waals surface area contributed by atoms with Gasteiger partial charge in [-0.2, -0.15) is 0 Å². The van der Waals surface area contributed by atoms with Crippen molar-refractivity contribution in [3.63, 3.8) is 0 Å². The Kier molecular flexibility index (Phi) is 3.90. The van der Waals surface area contributed by atoms with Crippen molar-refractivity contribution in [2.45, 2.75) is 6.04 Å². The van der Waals surface area contributed by atoms with Crippen LogP contribution < -0.4 is 5.76 Å². The van der Waals surface area contributed by atoms with Gasteiger partial charge in [0.05, 0.1) is 17.9 Å². The van der Waals surface area contributed by atoms with Gasteiger partial charge in [0.2, 0.25) is 0 Å². The highest BCUT2D eigenvalue weighted by Gasteiger charge is 2.20. The minimum absolute atomic E-state index is 0.220. The second-order valence-electron chi connectivity index (χ2n) is 5.73. The van der Waals surface area contributed by atoms with Gasteiger partial charge in [0.1, 0.15) is 0 Å². The number of benzene rings is 2. The average Bonchev–Trinajstić information content (AvgIpc) is 3.19. The summed E-state index contributed by atoms with van der Waals surface area (Å²) in [7, 11) is 1.68. The van der Waals surface area contributed by atoms with Gasteiger partial charge in [-0.3, -0.25) is 4.57 Å². The van der Waals surface area contributed by atoms with E-state index in [0.717, 1.165) is 16.6 Å². The van der Waals surface area contributed by atoms with Gasteiger partial charge in [0.25, 0.3) is 0 Å². The number of nitrogens with zero attached hydrogens (tertiary/aromatic N) is 3. The standard InChI is InChI=1S/C18H13Cl2N3O2/c1-22-15-5-2-11(8-16(15)25-18(22)24)17(23-7-6-21-10-23)13-4-3-12(19)9-14(13)20/h2-10,17H,1H3. The molecular formula is C18H13Cl2N3O2. The number of halogens is 2. The summed E-state index contributed by atoms with van der Waals surface area (Å²) in [5, 5.41) is 1.13. The van der Waals surface area contributed by atoms with Crippen molar-refractivity contribution in [3.05, 3.63) is 86.8 Å². The van der Waals surface area contributed by atoms with E-state index < -0.39 is 5.76 Å². The predicted octanol–water partition coefficient (Wildman–Crippen LogP) is 4.27. The van der Waals surface area contributed by atoms with Gasteiger partial charge in [-0.15, -0.1) is 0 Å². The summed E-state index contributed by atoms with van der Waals surface area (Å²) in [5.74, 6) is -0.393. The molecule has 25 heavy (non-hydrogen) atoms. The molecule has 0 aliphatic rings. The number of hydrogen-bond donors (Lipinski definition) is 0. The van der Waals surface area contributed by atoms with E-state index in [1.165, 1.54) is 4.57 Å². The zero-order valence-corrected chi connectivity index (χ0v) is 14.7. The molecule has 0 aliphatic heterocycles. The van der Waals surface area contributed by atoms with Crippen LogP contribution in [0.5, 0.6) is 0 Å². The first-order valence-electron chi connectivity index (χ1n) is 7.56. The molecule has 0 saturated heterocycles. The molecular weight excluding hydrogens is 361 g/mol. The van der Waals surface area contributed by atoms with Gasteiger partial charge in [-0.1, -0.05) is 35.3 Å². The average molecular weight is 374 g/mol. The summed E-state index contributed by atoms with van der Waals surface area (Å²) in [6.45, 7) is 0. The largest absolute Gasteiger partial charge is 0.419 e. The lowest BCUT2D eigenvalue weighted by Gasteiger charge is -2.21. The number of oxazole rings is 1. The van der Waals surface area contributed by atoms with E-state index in [1.807, 2.05) is 35.0 Å². The van der Waals surface area contributed by atoms with Gasteiger partial charge in [-0.25, -0.2) is 9.78 Å². The number of rotatable bonds is 3. The Morgan fingerprint density at radius 1 is 1.16 bits per heavy atom. The normalized spacial score (nSPS) is 12.6. The molecule has 0 bridgehead atoms. The fourth-order valence-electron chi connectivity index (χ4n) is 2.98. The molecule has 2 aromatic heterocycles. The van der Waals surface area contributed by atoms with Crippen LogP contribution in [0.2, 0.25) is 10.0 Å². The third-order valence-corrected chi connectivity index (χ3v) is 4.77. The van der Waals surface area contributed by atoms with Gasteiger partial charge in [0.15, 0.2) is 5.58 Å². The molecule has 126 valence electrons. The molecule has 7 heteroatoms. The van der Waals surface area contributed by atoms with Crippen molar-refractivity contribution in [3.8, 4) is 0 Å². The highest BCUT2D eigenvalue weighted by molar-refractivity contribution is 6.35. The summed E-state index contributed by atoms with van der Waals surface area (Å²) >= 11 is 12.5. The van der Waals surface area contributed by atoms with Crippen LogP contribution in [0.25, 0.3) is 11.1 Å². The zero-order chi connectivity index (χ0) is 17.6. The predicted molar refractivity (Wildman–Crippen MR) is 97.4 cm³/mol. The minimum Gasteiger partial charge on any atom is -0.408 e. The summed E-state index contributed by atoms with van der Waals surface area (Å²) < 4.78 is 8.74. The maximum absolute atomic E-state index is 11.8. The quantitative estimate of drug-likeness (QED) is 0.538. The lowest BCUT2D eigenvalue weighted by atomic mass is 9.98. The second kappa shape index (κ2) is 6.10. The maximum Gasteiger partial charge on any atom is 0.419 e. The van der Waals surface area contributed by atoms with Gasteiger partial charge < -0.3 is 8.98 Å². The maximum atomic E-state index is 11.8.